The SMILES string of the molecule is Cc1cc(-c2cccc(S(C)(=O)=O)c2)ccc1-n1nc(C(C)(C)O)cc1-c1c(F)cccc1Cl. The summed E-state index contributed by atoms with van der Waals surface area (Å²) in [6.07, 6.45) is 1.17. The maximum absolute atomic E-state index is 14.8. The number of rotatable bonds is 5. The third kappa shape index (κ3) is 4.64. The van der Waals surface area contributed by atoms with Crippen molar-refractivity contribution < 1.29 is 17.9 Å². The van der Waals surface area contributed by atoms with Gasteiger partial charge in [0.2, 0.25) is 0 Å². The summed E-state index contributed by atoms with van der Waals surface area (Å²) in [6, 6.07) is 18.4. The van der Waals surface area contributed by atoms with E-state index in [1.165, 1.54) is 18.4 Å². The molecule has 0 unspecified atom stereocenters. The van der Waals surface area contributed by atoms with Crippen molar-refractivity contribution >= 4 is 21.4 Å². The topological polar surface area (TPSA) is 72.2 Å². The number of aromatic nitrogens is 2. The van der Waals surface area contributed by atoms with E-state index in [1.54, 1.807) is 48.9 Å². The fourth-order valence-electron chi connectivity index (χ4n) is 3.76. The molecule has 8 heteroatoms. The van der Waals surface area contributed by atoms with E-state index in [0.717, 1.165) is 16.7 Å². The van der Waals surface area contributed by atoms with Gasteiger partial charge in [-0.15, -0.1) is 0 Å². The Bertz CT molecular complexity index is 1480. The van der Waals surface area contributed by atoms with Crippen LogP contribution in [-0.2, 0) is 15.4 Å². The lowest BCUT2D eigenvalue weighted by Crippen LogP contribution is -2.16. The zero-order valence-electron chi connectivity index (χ0n) is 19.2. The molecule has 34 heavy (non-hydrogen) atoms. The average molecular weight is 499 g/mol. The van der Waals surface area contributed by atoms with Gasteiger partial charge in [0, 0.05) is 6.26 Å². The van der Waals surface area contributed by atoms with Crippen LogP contribution >= 0.6 is 11.6 Å². The van der Waals surface area contributed by atoms with Gasteiger partial charge in [0.15, 0.2) is 9.84 Å². The molecular formula is C26H24ClFN2O3S. The van der Waals surface area contributed by atoms with Gasteiger partial charge in [0.1, 0.15) is 11.4 Å². The van der Waals surface area contributed by atoms with Crippen LogP contribution in [0.4, 0.5) is 4.39 Å². The Morgan fingerprint density at radius 3 is 2.29 bits per heavy atom. The predicted molar refractivity (Wildman–Crippen MR) is 132 cm³/mol. The van der Waals surface area contributed by atoms with Crippen LogP contribution in [-0.4, -0.2) is 29.6 Å². The summed E-state index contributed by atoms with van der Waals surface area (Å²) in [4.78, 5) is 0.241. The maximum atomic E-state index is 14.8. The Labute approximate surface area is 203 Å². The fraction of sp³-hybridized carbons (Fsp3) is 0.192. The zero-order valence-corrected chi connectivity index (χ0v) is 20.7. The molecule has 3 aromatic carbocycles. The summed E-state index contributed by atoms with van der Waals surface area (Å²) >= 11 is 6.35. The molecule has 0 saturated heterocycles. The Balaban J connectivity index is 1.88. The van der Waals surface area contributed by atoms with Crippen molar-refractivity contribution in [1.82, 2.24) is 9.78 Å². The molecule has 0 atom stereocenters. The largest absolute Gasteiger partial charge is 0.384 e. The minimum absolute atomic E-state index is 0.191. The number of hydrogen-bond donors (Lipinski definition) is 1. The number of sulfone groups is 1. The van der Waals surface area contributed by atoms with Gasteiger partial charge in [0.25, 0.3) is 0 Å². The van der Waals surface area contributed by atoms with E-state index in [9.17, 15) is 17.9 Å². The normalized spacial score (nSPS) is 12.2. The molecule has 0 aliphatic heterocycles. The van der Waals surface area contributed by atoms with Crippen molar-refractivity contribution in [2.24, 2.45) is 0 Å². The molecule has 176 valence electrons. The summed E-state index contributed by atoms with van der Waals surface area (Å²) in [6.45, 7) is 5.10. The van der Waals surface area contributed by atoms with Crippen LogP contribution in [0.15, 0.2) is 71.6 Å². The van der Waals surface area contributed by atoms with Crippen LogP contribution < -0.4 is 0 Å². The van der Waals surface area contributed by atoms with Crippen LogP contribution in [0, 0.1) is 12.7 Å². The number of hydrogen-bond acceptors (Lipinski definition) is 4. The van der Waals surface area contributed by atoms with Crippen LogP contribution in [0.25, 0.3) is 28.1 Å². The van der Waals surface area contributed by atoms with Crippen molar-refractivity contribution in [1.29, 1.82) is 0 Å². The quantitative estimate of drug-likeness (QED) is 0.369. The highest BCUT2D eigenvalue weighted by Gasteiger charge is 2.25. The van der Waals surface area contributed by atoms with Gasteiger partial charge in [-0.25, -0.2) is 17.5 Å². The van der Waals surface area contributed by atoms with Gasteiger partial charge in [-0.3, -0.25) is 0 Å². The van der Waals surface area contributed by atoms with Crippen molar-refractivity contribution in [2.75, 3.05) is 6.26 Å². The van der Waals surface area contributed by atoms with Gasteiger partial charge in [0.05, 0.1) is 32.6 Å². The zero-order chi connectivity index (χ0) is 24.8. The minimum Gasteiger partial charge on any atom is -0.384 e. The van der Waals surface area contributed by atoms with E-state index >= 15 is 0 Å². The van der Waals surface area contributed by atoms with E-state index in [-0.39, 0.29) is 15.5 Å². The summed E-state index contributed by atoms with van der Waals surface area (Å²) < 4.78 is 40.3. The van der Waals surface area contributed by atoms with E-state index in [0.29, 0.717) is 17.1 Å². The summed E-state index contributed by atoms with van der Waals surface area (Å²) in [5.41, 5.74) is 2.80. The highest BCUT2D eigenvalue weighted by Crippen LogP contribution is 2.36. The molecule has 0 fully saturated rings. The number of benzene rings is 3. The highest BCUT2D eigenvalue weighted by atomic mass is 35.5. The second kappa shape index (κ2) is 8.65. The first kappa shape index (κ1) is 24.1. The maximum Gasteiger partial charge on any atom is 0.175 e. The lowest BCUT2D eigenvalue weighted by molar-refractivity contribution is 0.0734. The molecule has 4 aromatic rings. The molecule has 5 nitrogen and oxygen atoms in total. The van der Waals surface area contributed by atoms with Crippen molar-refractivity contribution in [3.63, 3.8) is 0 Å². The summed E-state index contributed by atoms with van der Waals surface area (Å²) in [5.74, 6) is -0.497. The first-order valence-corrected chi connectivity index (χ1v) is 12.8. The van der Waals surface area contributed by atoms with Gasteiger partial charge in [-0.1, -0.05) is 35.9 Å². The molecule has 0 amide bonds. The smallest absolute Gasteiger partial charge is 0.175 e. The van der Waals surface area contributed by atoms with E-state index in [2.05, 4.69) is 5.10 Å². The van der Waals surface area contributed by atoms with Crippen molar-refractivity contribution in [3.8, 4) is 28.1 Å². The number of halogens is 2. The van der Waals surface area contributed by atoms with Crippen LogP contribution in [0.2, 0.25) is 5.02 Å². The second-order valence-electron chi connectivity index (χ2n) is 8.78. The monoisotopic (exact) mass is 498 g/mol. The number of aryl methyl sites for hydroxylation is 1. The number of nitrogens with zero attached hydrogens (tertiary/aromatic N) is 2. The second-order valence-corrected chi connectivity index (χ2v) is 11.2. The van der Waals surface area contributed by atoms with Crippen molar-refractivity contribution in [2.45, 2.75) is 31.3 Å². The fourth-order valence-corrected chi connectivity index (χ4v) is 4.69. The standard InChI is InChI=1S/C26H24ClFN2O3S/c1-16-13-18(17-7-5-8-19(14-17)34(4,32)33)11-12-22(16)30-23(15-24(29-30)26(2,3)31)25-20(27)9-6-10-21(25)28/h5-15,31H,1-4H3. The van der Waals surface area contributed by atoms with E-state index in [4.69, 9.17) is 11.6 Å². The van der Waals surface area contributed by atoms with Gasteiger partial charge >= 0.3 is 0 Å². The van der Waals surface area contributed by atoms with Crippen LogP contribution in [0.1, 0.15) is 25.1 Å². The molecule has 4 rings (SSSR count). The molecule has 1 heterocycles. The Hall–Kier alpha value is -3.00. The summed E-state index contributed by atoms with van der Waals surface area (Å²) in [7, 11) is -3.34. The molecule has 0 spiro atoms. The minimum atomic E-state index is -3.34. The van der Waals surface area contributed by atoms with E-state index < -0.39 is 21.3 Å². The Morgan fingerprint density at radius 1 is 1.00 bits per heavy atom. The molecule has 1 N–H and O–H groups in total. The molecule has 0 aliphatic rings. The molecule has 1 aromatic heterocycles. The third-order valence-corrected chi connectivity index (χ3v) is 7.00. The van der Waals surface area contributed by atoms with Gasteiger partial charge in [-0.05, 0) is 79.9 Å². The Morgan fingerprint density at radius 2 is 1.68 bits per heavy atom. The van der Waals surface area contributed by atoms with Crippen LogP contribution in [0.3, 0.4) is 0 Å². The third-order valence-electron chi connectivity index (χ3n) is 5.58. The van der Waals surface area contributed by atoms with Gasteiger partial charge < -0.3 is 5.11 Å². The predicted octanol–water partition coefficient (Wildman–Crippen LogP) is 5.94. The summed E-state index contributed by atoms with van der Waals surface area (Å²) in [5, 5.41) is 15.4. The molecule has 0 saturated carbocycles. The molecule has 0 bridgehead atoms. The molecule has 0 radical (unpaired) electrons. The lowest BCUT2D eigenvalue weighted by atomic mass is 10.0. The lowest BCUT2D eigenvalue weighted by Gasteiger charge is -2.15. The van der Waals surface area contributed by atoms with Crippen molar-refractivity contribution in [3.05, 3.63) is 88.8 Å². The molecular weight excluding hydrogens is 475 g/mol. The van der Waals surface area contributed by atoms with Crippen LogP contribution in [0.5, 0.6) is 0 Å². The highest BCUT2D eigenvalue weighted by molar-refractivity contribution is 7.90. The number of aliphatic hydroxyl groups is 1. The Kier molecular flexibility index (Phi) is 6.14. The molecule has 0 aliphatic carbocycles. The first-order chi connectivity index (χ1) is 15.9. The first-order valence-electron chi connectivity index (χ1n) is 10.5. The van der Waals surface area contributed by atoms with E-state index in [1.807, 2.05) is 31.2 Å². The van der Waals surface area contributed by atoms with Gasteiger partial charge in [-0.2, -0.15) is 5.10 Å². The average Bonchev–Trinajstić information content (AvgIpc) is 3.18.